The average molecular weight is 481 g/mol. The van der Waals surface area contributed by atoms with Crippen molar-refractivity contribution in [3.8, 4) is 0 Å². The first-order valence-electron chi connectivity index (χ1n) is 8.73. The normalized spacial score (nSPS) is 19.1. The molecule has 0 unspecified atom stereocenters. The number of benzene rings is 1. The van der Waals surface area contributed by atoms with Crippen molar-refractivity contribution in [3.63, 3.8) is 0 Å². The molecular formula is C19H15BrClN3O5. The Labute approximate surface area is 179 Å². The lowest BCUT2D eigenvalue weighted by Gasteiger charge is -2.27. The molecule has 10 heteroatoms. The summed E-state index contributed by atoms with van der Waals surface area (Å²) in [6.45, 7) is 2.50. The van der Waals surface area contributed by atoms with E-state index in [2.05, 4.69) is 21.2 Å². The summed E-state index contributed by atoms with van der Waals surface area (Å²) in [5.74, 6) is -0.663. The van der Waals surface area contributed by atoms with Crippen molar-refractivity contribution in [1.29, 1.82) is 0 Å². The van der Waals surface area contributed by atoms with Gasteiger partial charge in [-0.15, -0.1) is 0 Å². The maximum atomic E-state index is 12.9. The molecule has 2 aromatic rings. The van der Waals surface area contributed by atoms with Crippen LogP contribution in [0.5, 0.6) is 0 Å². The van der Waals surface area contributed by atoms with Gasteiger partial charge in [0.25, 0.3) is 11.8 Å². The second kappa shape index (κ2) is 8.02. The van der Waals surface area contributed by atoms with Crippen LogP contribution in [0, 0.1) is 0 Å². The predicted molar refractivity (Wildman–Crippen MR) is 110 cm³/mol. The van der Waals surface area contributed by atoms with E-state index in [0.29, 0.717) is 47.4 Å². The third-order valence-corrected chi connectivity index (χ3v) is 5.24. The summed E-state index contributed by atoms with van der Waals surface area (Å²) in [5, 5.41) is 2.53. The summed E-state index contributed by atoms with van der Waals surface area (Å²) in [5.41, 5.74) is 0.0346. The van der Waals surface area contributed by atoms with E-state index in [9.17, 15) is 14.4 Å². The van der Waals surface area contributed by atoms with Gasteiger partial charge in [-0.25, -0.2) is 9.69 Å². The minimum absolute atomic E-state index is 0.223. The molecule has 0 aliphatic carbocycles. The SMILES string of the molecule is O=C1NC(=O)N(c2cccc(Cl)c2)C(=O)/C1=C/c1cc(Br)c(N2CCOCC2)o1. The highest BCUT2D eigenvalue weighted by atomic mass is 79.9. The Morgan fingerprint density at radius 2 is 1.90 bits per heavy atom. The van der Waals surface area contributed by atoms with Gasteiger partial charge in [0.05, 0.1) is 23.4 Å². The Morgan fingerprint density at radius 3 is 2.62 bits per heavy atom. The van der Waals surface area contributed by atoms with Crippen LogP contribution in [0.2, 0.25) is 5.02 Å². The Hall–Kier alpha value is -2.62. The molecule has 150 valence electrons. The van der Waals surface area contributed by atoms with Crippen LogP contribution in [0.4, 0.5) is 16.4 Å². The first kappa shape index (κ1) is 19.7. The fourth-order valence-electron chi connectivity index (χ4n) is 3.08. The number of carbonyl (C=O) groups is 3. The van der Waals surface area contributed by atoms with Gasteiger partial charge in [-0.05, 0) is 40.2 Å². The van der Waals surface area contributed by atoms with Crippen LogP contribution >= 0.6 is 27.5 Å². The Kier molecular flexibility index (Phi) is 5.44. The fraction of sp³-hybridized carbons (Fsp3) is 0.211. The van der Waals surface area contributed by atoms with Crippen LogP contribution in [0.25, 0.3) is 6.08 Å². The van der Waals surface area contributed by atoms with Crippen LogP contribution in [-0.4, -0.2) is 44.1 Å². The number of furan rings is 1. The highest BCUT2D eigenvalue weighted by molar-refractivity contribution is 9.10. The maximum Gasteiger partial charge on any atom is 0.335 e. The number of imide groups is 2. The topological polar surface area (TPSA) is 92.1 Å². The number of nitrogens with one attached hydrogen (secondary N) is 1. The molecule has 1 aromatic heterocycles. The summed E-state index contributed by atoms with van der Waals surface area (Å²) < 4.78 is 11.9. The largest absolute Gasteiger partial charge is 0.440 e. The second-order valence-corrected chi connectivity index (χ2v) is 7.63. The summed E-state index contributed by atoms with van der Waals surface area (Å²) in [4.78, 5) is 40.3. The van der Waals surface area contributed by atoms with Crippen LogP contribution in [0.15, 0.2) is 44.8 Å². The molecule has 0 spiro atoms. The highest BCUT2D eigenvalue weighted by Gasteiger charge is 2.37. The Bertz CT molecular complexity index is 1030. The van der Waals surface area contributed by atoms with E-state index in [-0.39, 0.29) is 11.3 Å². The number of hydrogen-bond acceptors (Lipinski definition) is 6. The Morgan fingerprint density at radius 1 is 1.14 bits per heavy atom. The minimum Gasteiger partial charge on any atom is -0.440 e. The highest BCUT2D eigenvalue weighted by Crippen LogP contribution is 2.32. The van der Waals surface area contributed by atoms with Crippen molar-refractivity contribution in [3.05, 3.63) is 51.2 Å². The first-order valence-corrected chi connectivity index (χ1v) is 9.90. The zero-order valence-electron chi connectivity index (χ0n) is 15.0. The standard InChI is InChI=1S/C19H15BrClN3O5/c20-15-10-13(29-18(15)23-4-6-28-7-5-23)9-14-16(25)22-19(27)24(17(14)26)12-3-1-2-11(21)8-12/h1-3,8-10H,4-7H2,(H,22,25,27)/b14-9+. The van der Waals surface area contributed by atoms with Crippen LogP contribution in [0.3, 0.4) is 0 Å². The van der Waals surface area contributed by atoms with Crippen molar-refractivity contribution in [2.45, 2.75) is 0 Å². The lowest BCUT2D eigenvalue weighted by atomic mass is 10.1. The van der Waals surface area contributed by atoms with E-state index in [1.54, 1.807) is 24.3 Å². The van der Waals surface area contributed by atoms with E-state index >= 15 is 0 Å². The molecule has 0 bridgehead atoms. The van der Waals surface area contributed by atoms with Gasteiger partial charge in [-0.1, -0.05) is 17.7 Å². The van der Waals surface area contributed by atoms with Gasteiger partial charge in [0.2, 0.25) is 5.88 Å². The van der Waals surface area contributed by atoms with Crippen molar-refractivity contribution in [2.75, 3.05) is 36.1 Å². The Balaban J connectivity index is 1.66. The van der Waals surface area contributed by atoms with Gasteiger partial charge in [-0.3, -0.25) is 14.9 Å². The summed E-state index contributed by atoms with van der Waals surface area (Å²) in [6.07, 6.45) is 1.32. The number of morpholine rings is 1. The molecule has 0 radical (unpaired) electrons. The van der Waals surface area contributed by atoms with Gasteiger partial charge in [-0.2, -0.15) is 0 Å². The number of carbonyl (C=O) groups excluding carboxylic acids is 3. The number of urea groups is 1. The third-order valence-electron chi connectivity index (χ3n) is 4.44. The number of nitrogens with zero attached hydrogens (tertiary/aromatic N) is 2. The molecule has 2 aliphatic rings. The molecule has 0 atom stereocenters. The maximum absolute atomic E-state index is 12.9. The number of amides is 4. The fourth-order valence-corrected chi connectivity index (χ4v) is 3.82. The lowest BCUT2D eigenvalue weighted by Crippen LogP contribution is -2.54. The molecule has 4 rings (SSSR count). The number of ether oxygens (including phenoxy) is 1. The van der Waals surface area contributed by atoms with Crippen LogP contribution < -0.4 is 15.1 Å². The molecule has 1 aromatic carbocycles. The number of hydrogen-bond donors (Lipinski definition) is 1. The van der Waals surface area contributed by atoms with E-state index in [0.717, 1.165) is 4.90 Å². The summed E-state index contributed by atoms with van der Waals surface area (Å²) in [6, 6.07) is 7.07. The van der Waals surface area contributed by atoms with Gasteiger partial charge in [0.1, 0.15) is 11.3 Å². The lowest BCUT2D eigenvalue weighted by molar-refractivity contribution is -0.122. The van der Waals surface area contributed by atoms with Crippen LogP contribution in [-0.2, 0) is 14.3 Å². The molecule has 2 saturated heterocycles. The quantitative estimate of drug-likeness (QED) is 0.536. The van der Waals surface area contributed by atoms with E-state index in [1.165, 1.54) is 12.1 Å². The van der Waals surface area contributed by atoms with Gasteiger partial charge < -0.3 is 14.1 Å². The smallest absolute Gasteiger partial charge is 0.335 e. The summed E-state index contributed by atoms with van der Waals surface area (Å²) in [7, 11) is 0. The molecule has 0 saturated carbocycles. The molecule has 4 amide bonds. The molecule has 2 fully saturated rings. The van der Waals surface area contributed by atoms with Crippen molar-refractivity contribution >= 4 is 63.0 Å². The molecule has 1 N–H and O–H groups in total. The van der Waals surface area contributed by atoms with E-state index in [1.807, 2.05) is 4.90 Å². The predicted octanol–water partition coefficient (Wildman–Crippen LogP) is 3.20. The molecule has 8 nitrogen and oxygen atoms in total. The molecule has 2 aliphatic heterocycles. The van der Waals surface area contributed by atoms with Gasteiger partial charge >= 0.3 is 6.03 Å². The van der Waals surface area contributed by atoms with Gasteiger partial charge in [0.15, 0.2) is 0 Å². The summed E-state index contributed by atoms with van der Waals surface area (Å²) >= 11 is 9.41. The molecular weight excluding hydrogens is 466 g/mol. The van der Waals surface area contributed by atoms with E-state index in [4.69, 9.17) is 20.8 Å². The van der Waals surface area contributed by atoms with Crippen LogP contribution in [0.1, 0.15) is 5.76 Å². The second-order valence-electron chi connectivity index (χ2n) is 6.34. The number of rotatable bonds is 3. The molecule has 3 heterocycles. The zero-order valence-corrected chi connectivity index (χ0v) is 17.3. The third kappa shape index (κ3) is 3.93. The minimum atomic E-state index is -0.839. The van der Waals surface area contributed by atoms with Crippen molar-refractivity contribution in [2.24, 2.45) is 0 Å². The van der Waals surface area contributed by atoms with E-state index < -0.39 is 17.8 Å². The monoisotopic (exact) mass is 479 g/mol. The van der Waals surface area contributed by atoms with Crippen molar-refractivity contribution < 1.29 is 23.5 Å². The first-order chi connectivity index (χ1) is 13.9. The molecule has 29 heavy (non-hydrogen) atoms. The average Bonchev–Trinajstić information content (AvgIpc) is 3.06. The van der Waals surface area contributed by atoms with Crippen molar-refractivity contribution in [1.82, 2.24) is 5.32 Å². The number of anilines is 2. The number of halogens is 2. The zero-order chi connectivity index (χ0) is 20.5. The van der Waals surface area contributed by atoms with Gasteiger partial charge in [0, 0.05) is 24.2 Å². The number of barbiturate groups is 1.